The van der Waals surface area contributed by atoms with Crippen molar-refractivity contribution in [2.45, 2.75) is 31.9 Å². The fraction of sp³-hybridized carbons (Fsp3) is 0.259. The average molecular weight is 545 g/mol. The maximum atomic E-state index is 6.39. The van der Waals surface area contributed by atoms with Gasteiger partial charge < -0.3 is 14.8 Å². The predicted octanol–water partition coefficient (Wildman–Crippen LogP) is 8.48. The van der Waals surface area contributed by atoms with Crippen molar-refractivity contribution in [3.8, 4) is 11.5 Å². The number of anilines is 1. The molecule has 170 valence electrons. The minimum atomic E-state index is 0.146. The van der Waals surface area contributed by atoms with Gasteiger partial charge in [0.05, 0.1) is 17.6 Å². The van der Waals surface area contributed by atoms with Crippen LogP contribution in [0.15, 0.2) is 65.2 Å². The van der Waals surface area contributed by atoms with Crippen LogP contribution < -0.4 is 14.8 Å². The molecule has 0 spiro atoms. The highest BCUT2D eigenvalue weighted by Crippen LogP contribution is 2.52. The number of rotatable bonds is 5. The first kappa shape index (κ1) is 22.6. The third-order valence-corrected chi connectivity index (χ3v) is 7.60. The van der Waals surface area contributed by atoms with E-state index in [1.165, 1.54) is 11.3 Å². The molecule has 0 saturated heterocycles. The molecule has 3 atom stereocenters. The van der Waals surface area contributed by atoms with Gasteiger partial charge in [-0.05, 0) is 93.8 Å². The van der Waals surface area contributed by atoms with Crippen LogP contribution in [-0.2, 0) is 6.61 Å². The predicted molar refractivity (Wildman–Crippen MR) is 139 cm³/mol. The van der Waals surface area contributed by atoms with E-state index >= 15 is 0 Å². The molecule has 0 bridgehead atoms. The summed E-state index contributed by atoms with van der Waals surface area (Å²) in [4.78, 5) is 0. The maximum Gasteiger partial charge on any atom is 0.175 e. The number of aryl methyl sites for hydroxylation is 1. The van der Waals surface area contributed by atoms with E-state index in [1.807, 2.05) is 30.3 Å². The Labute approximate surface area is 212 Å². The van der Waals surface area contributed by atoms with Crippen LogP contribution in [0.25, 0.3) is 0 Å². The van der Waals surface area contributed by atoms with Gasteiger partial charge in [0.25, 0.3) is 0 Å². The molecule has 2 aliphatic rings. The number of hydrogen-bond acceptors (Lipinski definition) is 3. The smallest absolute Gasteiger partial charge is 0.175 e. The Morgan fingerprint density at radius 3 is 2.61 bits per heavy atom. The number of hydrogen-bond donors (Lipinski definition) is 1. The van der Waals surface area contributed by atoms with E-state index in [0.717, 1.165) is 32.6 Å². The van der Waals surface area contributed by atoms with E-state index in [9.17, 15) is 0 Å². The van der Waals surface area contributed by atoms with Crippen LogP contribution in [0, 0.1) is 12.8 Å². The maximum absolute atomic E-state index is 6.39. The quantitative estimate of drug-likeness (QED) is 0.327. The highest BCUT2D eigenvalue weighted by Gasteiger charge is 2.39. The number of benzene rings is 3. The fourth-order valence-electron chi connectivity index (χ4n) is 4.97. The van der Waals surface area contributed by atoms with E-state index in [-0.39, 0.29) is 6.04 Å². The highest BCUT2D eigenvalue weighted by molar-refractivity contribution is 9.10. The van der Waals surface area contributed by atoms with Crippen LogP contribution in [0.3, 0.4) is 0 Å². The number of methoxy groups -OCH3 is 1. The summed E-state index contributed by atoms with van der Waals surface area (Å²) in [7, 11) is 1.68. The van der Waals surface area contributed by atoms with E-state index < -0.39 is 0 Å². The lowest BCUT2D eigenvalue weighted by molar-refractivity contribution is 0.282. The monoisotopic (exact) mass is 543 g/mol. The molecule has 0 fully saturated rings. The third kappa shape index (κ3) is 4.37. The van der Waals surface area contributed by atoms with E-state index in [4.69, 9.17) is 32.7 Å². The third-order valence-electron chi connectivity index (χ3n) is 6.54. The summed E-state index contributed by atoms with van der Waals surface area (Å²) in [6.07, 6.45) is 5.62. The number of ether oxygens (including phenoxy) is 2. The van der Waals surface area contributed by atoms with Gasteiger partial charge in [0.15, 0.2) is 11.5 Å². The molecule has 3 aromatic carbocycles. The van der Waals surface area contributed by atoms with Crippen molar-refractivity contribution in [2.24, 2.45) is 5.92 Å². The Hall–Kier alpha value is -2.14. The second-order valence-corrected chi connectivity index (χ2v) is 10.3. The Morgan fingerprint density at radius 2 is 1.85 bits per heavy atom. The van der Waals surface area contributed by atoms with Gasteiger partial charge in [-0.15, -0.1) is 0 Å². The largest absolute Gasteiger partial charge is 0.493 e. The van der Waals surface area contributed by atoms with Crippen LogP contribution in [-0.4, -0.2) is 7.11 Å². The topological polar surface area (TPSA) is 30.5 Å². The molecule has 1 N–H and O–H groups in total. The molecule has 1 aliphatic carbocycles. The second kappa shape index (κ2) is 9.25. The summed E-state index contributed by atoms with van der Waals surface area (Å²) in [5.41, 5.74) is 5.82. The minimum Gasteiger partial charge on any atom is -0.493 e. The summed E-state index contributed by atoms with van der Waals surface area (Å²) in [5, 5.41) is 5.31. The number of nitrogens with one attached hydrogen (secondary N) is 1. The van der Waals surface area contributed by atoms with Crippen molar-refractivity contribution < 1.29 is 9.47 Å². The van der Waals surface area contributed by atoms with Crippen LogP contribution in [0.1, 0.15) is 40.6 Å². The molecule has 0 amide bonds. The van der Waals surface area contributed by atoms with Gasteiger partial charge in [-0.1, -0.05) is 47.5 Å². The van der Waals surface area contributed by atoms with E-state index in [2.05, 4.69) is 58.5 Å². The number of halogens is 3. The molecule has 0 saturated carbocycles. The zero-order valence-corrected chi connectivity index (χ0v) is 21.5. The molecule has 3 aromatic rings. The van der Waals surface area contributed by atoms with Gasteiger partial charge in [-0.2, -0.15) is 0 Å². The SMILES string of the molecule is COc1cc([C@@H]2Nc3c(C)cc(Cl)cc3[C@H]3C=CC[C@@H]32)cc(Br)c1OCc1ccc(Cl)cc1. The van der Waals surface area contributed by atoms with Gasteiger partial charge in [-0.25, -0.2) is 0 Å². The minimum absolute atomic E-state index is 0.146. The van der Waals surface area contributed by atoms with Crippen LogP contribution in [0.2, 0.25) is 10.0 Å². The summed E-state index contributed by atoms with van der Waals surface area (Å²) < 4.78 is 12.8. The van der Waals surface area contributed by atoms with Gasteiger partial charge in [0, 0.05) is 21.7 Å². The molecular weight excluding hydrogens is 521 g/mol. The lowest BCUT2D eigenvalue weighted by Crippen LogP contribution is -2.29. The summed E-state index contributed by atoms with van der Waals surface area (Å²) in [6.45, 7) is 2.53. The first-order valence-corrected chi connectivity index (χ1v) is 12.5. The molecule has 6 heteroatoms. The highest BCUT2D eigenvalue weighted by atomic mass is 79.9. The number of allylic oxidation sites excluding steroid dienone is 2. The van der Waals surface area contributed by atoms with Crippen LogP contribution >= 0.6 is 39.1 Å². The van der Waals surface area contributed by atoms with Crippen LogP contribution in [0.4, 0.5) is 5.69 Å². The van der Waals surface area contributed by atoms with E-state index in [1.54, 1.807) is 7.11 Å². The molecule has 1 aliphatic heterocycles. The Kier molecular flexibility index (Phi) is 6.34. The zero-order chi connectivity index (χ0) is 23.1. The van der Waals surface area contributed by atoms with E-state index in [0.29, 0.717) is 35.0 Å². The van der Waals surface area contributed by atoms with Gasteiger partial charge in [0.2, 0.25) is 0 Å². The van der Waals surface area contributed by atoms with Crippen molar-refractivity contribution in [3.05, 3.63) is 97.5 Å². The number of fused-ring (bicyclic) bond motifs is 3. The Bertz CT molecular complexity index is 1230. The second-order valence-electron chi connectivity index (χ2n) is 8.61. The van der Waals surface area contributed by atoms with Crippen molar-refractivity contribution in [2.75, 3.05) is 12.4 Å². The van der Waals surface area contributed by atoms with Crippen molar-refractivity contribution >= 4 is 44.8 Å². The summed E-state index contributed by atoms with van der Waals surface area (Å²) in [6, 6.07) is 16.2. The Morgan fingerprint density at radius 1 is 1.06 bits per heavy atom. The first-order valence-electron chi connectivity index (χ1n) is 10.9. The summed E-state index contributed by atoms with van der Waals surface area (Å²) >= 11 is 16.1. The molecule has 5 rings (SSSR count). The van der Waals surface area contributed by atoms with Crippen molar-refractivity contribution in [1.82, 2.24) is 0 Å². The molecule has 0 unspecified atom stereocenters. The van der Waals surface area contributed by atoms with Gasteiger partial charge in [-0.3, -0.25) is 0 Å². The molecular formula is C27H24BrCl2NO2. The van der Waals surface area contributed by atoms with Crippen LogP contribution in [0.5, 0.6) is 11.5 Å². The average Bonchev–Trinajstić information content (AvgIpc) is 3.29. The molecule has 0 radical (unpaired) electrons. The fourth-order valence-corrected chi connectivity index (χ4v) is 5.95. The molecule has 1 heterocycles. The first-order chi connectivity index (χ1) is 15.9. The molecule has 3 nitrogen and oxygen atoms in total. The van der Waals surface area contributed by atoms with Crippen molar-refractivity contribution in [3.63, 3.8) is 0 Å². The normalized spacial score (nSPS) is 20.7. The van der Waals surface area contributed by atoms with Crippen molar-refractivity contribution in [1.29, 1.82) is 0 Å². The standard InChI is InChI=1S/C27H24BrCl2NO2/c1-15-10-19(30)13-22-20-4-3-5-21(20)26(31-25(15)22)17-11-23(28)27(24(12-17)32-2)33-14-16-6-8-18(29)9-7-16/h3-4,6-13,20-21,26,31H,5,14H2,1-2H3/t20-,21-,26-/m0/s1. The Balaban J connectivity index is 1.47. The summed E-state index contributed by atoms with van der Waals surface area (Å²) in [5.74, 6) is 2.15. The molecule has 0 aromatic heterocycles. The zero-order valence-electron chi connectivity index (χ0n) is 18.4. The lowest BCUT2D eigenvalue weighted by Gasteiger charge is -2.38. The molecule has 33 heavy (non-hydrogen) atoms. The van der Waals surface area contributed by atoms with Gasteiger partial charge in [0.1, 0.15) is 6.61 Å². The lowest BCUT2D eigenvalue weighted by atomic mass is 9.76. The van der Waals surface area contributed by atoms with Gasteiger partial charge >= 0.3 is 0 Å².